The van der Waals surface area contributed by atoms with E-state index in [1.807, 2.05) is 0 Å². The van der Waals surface area contributed by atoms with Crippen molar-refractivity contribution in [3.8, 4) is 0 Å². The van der Waals surface area contributed by atoms with Gasteiger partial charge in [-0.2, -0.15) is 0 Å². The molecule has 0 unspecified atom stereocenters. The summed E-state index contributed by atoms with van der Waals surface area (Å²) >= 11 is 0. The van der Waals surface area contributed by atoms with Crippen LogP contribution in [0.1, 0.15) is 24.4 Å². The second kappa shape index (κ2) is 9.59. The van der Waals surface area contributed by atoms with Crippen LogP contribution in [0.15, 0.2) is 51.7 Å². The summed E-state index contributed by atoms with van der Waals surface area (Å²) < 4.78 is 10.3. The summed E-state index contributed by atoms with van der Waals surface area (Å²) in [6.45, 7) is 1.82. The molecule has 0 atom stereocenters. The SMILES string of the molecule is O=C(NCc1ccco1)C(=O)NCC1CCN(C(=O)/C=C/c2ccco2)CC1. The van der Waals surface area contributed by atoms with Crippen LogP contribution < -0.4 is 10.6 Å². The third-order valence-electron chi connectivity index (χ3n) is 4.62. The van der Waals surface area contributed by atoms with Crippen molar-refractivity contribution in [2.24, 2.45) is 5.92 Å². The highest BCUT2D eigenvalue weighted by Gasteiger charge is 2.23. The highest BCUT2D eigenvalue weighted by Crippen LogP contribution is 2.17. The number of likely N-dealkylation sites (tertiary alicyclic amines) is 1. The van der Waals surface area contributed by atoms with Crippen molar-refractivity contribution in [3.05, 3.63) is 54.4 Å². The maximum absolute atomic E-state index is 12.2. The molecule has 3 amide bonds. The molecule has 2 aromatic rings. The number of furan rings is 2. The van der Waals surface area contributed by atoms with Crippen LogP contribution in [0, 0.1) is 5.92 Å². The van der Waals surface area contributed by atoms with Crippen molar-refractivity contribution in [3.63, 3.8) is 0 Å². The van der Waals surface area contributed by atoms with Crippen LogP contribution in [0.25, 0.3) is 6.08 Å². The predicted molar refractivity (Wildman–Crippen MR) is 101 cm³/mol. The zero-order valence-corrected chi connectivity index (χ0v) is 15.4. The van der Waals surface area contributed by atoms with Gasteiger partial charge in [0.1, 0.15) is 11.5 Å². The average molecular weight is 385 g/mol. The van der Waals surface area contributed by atoms with E-state index in [4.69, 9.17) is 8.83 Å². The number of nitrogens with one attached hydrogen (secondary N) is 2. The molecule has 0 aromatic carbocycles. The van der Waals surface area contributed by atoms with Gasteiger partial charge in [-0.25, -0.2) is 0 Å². The molecule has 8 heteroatoms. The van der Waals surface area contributed by atoms with E-state index in [-0.39, 0.29) is 18.4 Å². The Morgan fingerprint density at radius 2 is 1.75 bits per heavy atom. The monoisotopic (exact) mass is 385 g/mol. The van der Waals surface area contributed by atoms with Gasteiger partial charge < -0.3 is 24.4 Å². The van der Waals surface area contributed by atoms with E-state index in [1.165, 1.54) is 12.3 Å². The first-order valence-corrected chi connectivity index (χ1v) is 9.20. The number of hydrogen-bond acceptors (Lipinski definition) is 5. The van der Waals surface area contributed by atoms with Gasteiger partial charge in [-0.3, -0.25) is 14.4 Å². The lowest BCUT2D eigenvalue weighted by molar-refractivity contribution is -0.139. The third kappa shape index (κ3) is 5.60. The number of amides is 3. The van der Waals surface area contributed by atoms with Crippen molar-refractivity contribution in [1.82, 2.24) is 15.5 Å². The minimum Gasteiger partial charge on any atom is -0.467 e. The molecule has 1 fully saturated rings. The van der Waals surface area contributed by atoms with Crippen molar-refractivity contribution in [2.75, 3.05) is 19.6 Å². The van der Waals surface area contributed by atoms with Crippen LogP contribution in [0.3, 0.4) is 0 Å². The van der Waals surface area contributed by atoms with Crippen LogP contribution in [0.4, 0.5) is 0 Å². The fraction of sp³-hybridized carbons (Fsp3) is 0.350. The second-order valence-corrected chi connectivity index (χ2v) is 6.59. The van der Waals surface area contributed by atoms with Gasteiger partial charge in [0.2, 0.25) is 5.91 Å². The van der Waals surface area contributed by atoms with Crippen LogP contribution in [-0.4, -0.2) is 42.3 Å². The topological polar surface area (TPSA) is 105 Å². The van der Waals surface area contributed by atoms with Gasteiger partial charge in [0.15, 0.2) is 0 Å². The first kappa shape index (κ1) is 19.5. The smallest absolute Gasteiger partial charge is 0.309 e. The quantitative estimate of drug-likeness (QED) is 0.580. The Kier molecular flexibility index (Phi) is 6.67. The summed E-state index contributed by atoms with van der Waals surface area (Å²) in [7, 11) is 0. The fourth-order valence-corrected chi connectivity index (χ4v) is 2.98. The number of rotatable bonds is 6. The molecule has 1 aliphatic heterocycles. The van der Waals surface area contributed by atoms with Gasteiger partial charge in [0.05, 0.1) is 19.1 Å². The number of hydrogen-bond donors (Lipinski definition) is 2. The highest BCUT2D eigenvalue weighted by atomic mass is 16.3. The third-order valence-corrected chi connectivity index (χ3v) is 4.62. The fourth-order valence-electron chi connectivity index (χ4n) is 2.98. The largest absolute Gasteiger partial charge is 0.467 e. The Labute approximate surface area is 162 Å². The Morgan fingerprint density at radius 1 is 1.04 bits per heavy atom. The molecule has 28 heavy (non-hydrogen) atoms. The van der Waals surface area contributed by atoms with E-state index in [0.29, 0.717) is 31.2 Å². The van der Waals surface area contributed by atoms with Crippen LogP contribution >= 0.6 is 0 Å². The van der Waals surface area contributed by atoms with E-state index in [9.17, 15) is 14.4 Å². The predicted octanol–water partition coefficient (Wildman–Crippen LogP) is 1.56. The van der Waals surface area contributed by atoms with Gasteiger partial charge in [-0.15, -0.1) is 0 Å². The molecule has 0 bridgehead atoms. The first-order chi connectivity index (χ1) is 13.6. The number of carbonyl (C=O) groups excluding carboxylic acids is 3. The Hall–Kier alpha value is -3.29. The molecule has 3 rings (SSSR count). The number of piperidine rings is 1. The van der Waals surface area contributed by atoms with Gasteiger partial charge >= 0.3 is 11.8 Å². The minimum absolute atomic E-state index is 0.0591. The first-order valence-electron chi connectivity index (χ1n) is 9.20. The van der Waals surface area contributed by atoms with Crippen LogP contribution in [0.2, 0.25) is 0 Å². The summed E-state index contributed by atoms with van der Waals surface area (Å²) in [5.74, 6) is 0.0465. The molecular weight excluding hydrogens is 362 g/mol. The zero-order valence-electron chi connectivity index (χ0n) is 15.4. The van der Waals surface area contributed by atoms with Crippen molar-refractivity contribution in [2.45, 2.75) is 19.4 Å². The Bertz CT molecular complexity index is 803. The minimum atomic E-state index is -0.688. The summed E-state index contributed by atoms with van der Waals surface area (Å²) in [5.41, 5.74) is 0. The average Bonchev–Trinajstić information content (AvgIpc) is 3.42. The van der Waals surface area contributed by atoms with E-state index >= 15 is 0 Å². The zero-order chi connectivity index (χ0) is 19.8. The Morgan fingerprint density at radius 3 is 2.43 bits per heavy atom. The summed E-state index contributed by atoms with van der Waals surface area (Å²) in [5, 5.41) is 5.17. The molecule has 1 aliphatic rings. The van der Waals surface area contributed by atoms with E-state index in [0.717, 1.165) is 12.8 Å². The molecule has 0 aliphatic carbocycles. The van der Waals surface area contributed by atoms with E-state index in [1.54, 1.807) is 41.5 Å². The summed E-state index contributed by atoms with van der Waals surface area (Å²) in [4.78, 5) is 37.6. The molecule has 0 radical (unpaired) electrons. The molecule has 8 nitrogen and oxygen atoms in total. The summed E-state index contributed by atoms with van der Waals surface area (Å²) in [6, 6.07) is 6.98. The molecule has 1 saturated heterocycles. The lowest BCUT2D eigenvalue weighted by Gasteiger charge is -2.31. The van der Waals surface area contributed by atoms with Crippen molar-refractivity contribution < 1.29 is 23.2 Å². The second-order valence-electron chi connectivity index (χ2n) is 6.59. The van der Waals surface area contributed by atoms with Crippen molar-refractivity contribution in [1.29, 1.82) is 0 Å². The van der Waals surface area contributed by atoms with Gasteiger partial charge in [0, 0.05) is 25.7 Å². The maximum Gasteiger partial charge on any atom is 0.309 e. The van der Waals surface area contributed by atoms with Crippen molar-refractivity contribution >= 4 is 23.8 Å². The molecule has 0 saturated carbocycles. The Balaban J connectivity index is 1.34. The van der Waals surface area contributed by atoms with Gasteiger partial charge in [-0.1, -0.05) is 0 Å². The standard InChI is InChI=1S/C20H23N3O5/c24-18(6-5-16-3-1-11-27-16)23-9-7-15(8-10-23)13-21-19(25)20(26)22-14-17-4-2-12-28-17/h1-6,11-12,15H,7-10,13-14H2,(H,21,25)(H,22,26)/b6-5+. The number of carbonyl (C=O) groups is 3. The van der Waals surface area contributed by atoms with Crippen LogP contribution in [-0.2, 0) is 20.9 Å². The molecule has 148 valence electrons. The molecule has 0 spiro atoms. The lowest BCUT2D eigenvalue weighted by Crippen LogP contribution is -2.44. The lowest BCUT2D eigenvalue weighted by atomic mass is 9.96. The van der Waals surface area contributed by atoms with E-state index in [2.05, 4.69) is 10.6 Å². The molecule has 3 heterocycles. The number of nitrogens with zero attached hydrogens (tertiary/aromatic N) is 1. The van der Waals surface area contributed by atoms with Crippen LogP contribution in [0.5, 0.6) is 0 Å². The normalized spacial score (nSPS) is 14.9. The molecule has 2 N–H and O–H groups in total. The van der Waals surface area contributed by atoms with Gasteiger partial charge in [0.25, 0.3) is 0 Å². The van der Waals surface area contributed by atoms with Gasteiger partial charge in [-0.05, 0) is 49.1 Å². The molecular formula is C20H23N3O5. The molecule has 2 aromatic heterocycles. The maximum atomic E-state index is 12.2. The highest BCUT2D eigenvalue weighted by molar-refractivity contribution is 6.35. The van der Waals surface area contributed by atoms with E-state index < -0.39 is 11.8 Å². The summed E-state index contributed by atoms with van der Waals surface area (Å²) in [6.07, 6.45) is 7.76.